The predicted octanol–water partition coefficient (Wildman–Crippen LogP) is 3.18. The molecule has 0 spiro atoms. The molecule has 0 bridgehead atoms. The third-order valence-electron chi connectivity index (χ3n) is 3.50. The molecule has 0 amide bonds. The van der Waals surface area contributed by atoms with Crippen molar-refractivity contribution in [3.8, 4) is 11.4 Å². The van der Waals surface area contributed by atoms with E-state index in [9.17, 15) is 0 Å². The van der Waals surface area contributed by atoms with E-state index in [0.29, 0.717) is 12.1 Å². The summed E-state index contributed by atoms with van der Waals surface area (Å²) in [6.07, 6.45) is 3.70. The third-order valence-corrected chi connectivity index (χ3v) is 4.15. The molecule has 1 aromatic carbocycles. The predicted molar refractivity (Wildman–Crippen MR) is 77.4 cm³/mol. The van der Waals surface area contributed by atoms with Gasteiger partial charge in [-0.05, 0) is 19.3 Å². The van der Waals surface area contributed by atoms with Gasteiger partial charge in [0, 0.05) is 30.2 Å². The summed E-state index contributed by atoms with van der Waals surface area (Å²) < 4.78 is 9.79. The van der Waals surface area contributed by atoms with E-state index in [1.54, 1.807) is 7.11 Å². The van der Waals surface area contributed by atoms with E-state index in [0.717, 1.165) is 35.8 Å². The molecule has 1 N–H and O–H groups in total. The Hall–Kier alpha value is -1.46. The fourth-order valence-electron chi connectivity index (χ4n) is 2.45. The molecule has 0 aliphatic heterocycles. The van der Waals surface area contributed by atoms with E-state index in [-0.39, 0.29) is 0 Å². The van der Waals surface area contributed by atoms with Crippen molar-refractivity contribution in [1.29, 1.82) is 0 Å². The van der Waals surface area contributed by atoms with Crippen LogP contribution in [-0.4, -0.2) is 28.6 Å². The number of hydrogen-bond donors (Lipinski definition) is 1. The van der Waals surface area contributed by atoms with Crippen LogP contribution in [0.15, 0.2) is 30.3 Å². The van der Waals surface area contributed by atoms with E-state index < -0.39 is 0 Å². The molecule has 1 aliphatic rings. The number of nitrogens with one attached hydrogen (secondary N) is 1. The molecular weight excluding hydrogens is 258 g/mol. The van der Waals surface area contributed by atoms with Crippen molar-refractivity contribution in [2.75, 3.05) is 12.4 Å². The summed E-state index contributed by atoms with van der Waals surface area (Å²) >= 11 is 1.43. The molecule has 1 aliphatic carbocycles. The average Bonchev–Trinajstić information content (AvgIpc) is 3.09. The minimum absolute atomic E-state index is 0.388. The standard InChI is InChI=1S/C14H17N3OS/c1-18-12-8-7-11(9-12)15-14-16-13(17-19-14)10-5-3-2-4-6-10/h2-6,11-12H,7-9H2,1H3,(H,15,16,17). The van der Waals surface area contributed by atoms with Crippen molar-refractivity contribution >= 4 is 16.7 Å². The number of aromatic nitrogens is 2. The second-order valence-corrected chi connectivity index (χ2v) is 5.55. The Bertz CT molecular complexity index is 528. The van der Waals surface area contributed by atoms with Crippen LogP contribution in [0, 0.1) is 0 Å². The number of rotatable bonds is 4. The first kappa shape index (κ1) is 12.6. The summed E-state index contributed by atoms with van der Waals surface area (Å²) in [5.74, 6) is 0.800. The lowest BCUT2D eigenvalue weighted by molar-refractivity contribution is 0.108. The van der Waals surface area contributed by atoms with Crippen LogP contribution < -0.4 is 5.32 Å². The van der Waals surface area contributed by atoms with Gasteiger partial charge in [0.05, 0.1) is 6.10 Å². The molecule has 2 atom stereocenters. The molecule has 3 rings (SSSR count). The summed E-state index contributed by atoms with van der Waals surface area (Å²) in [6.45, 7) is 0. The number of methoxy groups -OCH3 is 1. The molecule has 2 unspecified atom stereocenters. The van der Waals surface area contributed by atoms with Crippen LogP contribution in [0.25, 0.3) is 11.4 Å². The van der Waals surface area contributed by atoms with Gasteiger partial charge in [0.2, 0.25) is 5.13 Å². The lowest BCUT2D eigenvalue weighted by Crippen LogP contribution is -2.17. The first-order valence-corrected chi connectivity index (χ1v) is 7.31. The normalized spacial score (nSPS) is 22.6. The van der Waals surface area contributed by atoms with E-state index in [1.807, 2.05) is 30.3 Å². The SMILES string of the molecule is COC1CCC(Nc2nc(-c3ccccc3)ns2)C1. The van der Waals surface area contributed by atoms with Crippen LogP contribution in [0.3, 0.4) is 0 Å². The zero-order valence-corrected chi connectivity index (χ0v) is 11.7. The van der Waals surface area contributed by atoms with Crippen LogP contribution in [0.4, 0.5) is 5.13 Å². The summed E-state index contributed by atoms with van der Waals surface area (Å²) in [7, 11) is 1.78. The summed E-state index contributed by atoms with van der Waals surface area (Å²) in [4.78, 5) is 4.55. The number of benzene rings is 1. The highest BCUT2D eigenvalue weighted by molar-refractivity contribution is 7.09. The van der Waals surface area contributed by atoms with Crippen LogP contribution in [0.1, 0.15) is 19.3 Å². The van der Waals surface area contributed by atoms with Gasteiger partial charge < -0.3 is 10.1 Å². The van der Waals surface area contributed by atoms with Crippen LogP contribution in [-0.2, 0) is 4.74 Å². The van der Waals surface area contributed by atoms with Crippen molar-refractivity contribution in [1.82, 2.24) is 9.36 Å². The summed E-state index contributed by atoms with van der Waals surface area (Å²) in [6, 6.07) is 10.5. The monoisotopic (exact) mass is 275 g/mol. The van der Waals surface area contributed by atoms with Gasteiger partial charge in [-0.2, -0.15) is 9.36 Å². The number of ether oxygens (including phenoxy) is 1. The van der Waals surface area contributed by atoms with Gasteiger partial charge in [0.1, 0.15) is 0 Å². The van der Waals surface area contributed by atoms with Crippen molar-refractivity contribution in [3.05, 3.63) is 30.3 Å². The Balaban J connectivity index is 1.66. The van der Waals surface area contributed by atoms with Gasteiger partial charge in [-0.15, -0.1) is 0 Å². The van der Waals surface area contributed by atoms with E-state index >= 15 is 0 Å². The van der Waals surface area contributed by atoms with Gasteiger partial charge in [-0.3, -0.25) is 0 Å². The third kappa shape index (κ3) is 2.93. The zero-order valence-electron chi connectivity index (χ0n) is 10.9. The molecule has 1 heterocycles. The fraction of sp³-hybridized carbons (Fsp3) is 0.429. The lowest BCUT2D eigenvalue weighted by atomic mass is 10.2. The van der Waals surface area contributed by atoms with Gasteiger partial charge in [-0.25, -0.2) is 0 Å². The van der Waals surface area contributed by atoms with Gasteiger partial charge in [0.25, 0.3) is 0 Å². The van der Waals surface area contributed by atoms with E-state index in [2.05, 4.69) is 14.7 Å². The Morgan fingerprint density at radius 3 is 2.84 bits per heavy atom. The molecule has 1 aromatic heterocycles. The molecule has 2 aromatic rings. The second kappa shape index (κ2) is 5.67. The number of nitrogens with zero attached hydrogens (tertiary/aromatic N) is 2. The topological polar surface area (TPSA) is 47.0 Å². The van der Waals surface area contributed by atoms with Gasteiger partial charge in [-0.1, -0.05) is 30.3 Å². The van der Waals surface area contributed by atoms with Crippen LogP contribution >= 0.6 is 11.5 Å². The summed E-state index contributed by atoms with van der Waals surface area (Å²) in [5.41, 5.74) is 1.06. The van der Waals surface area contributed by atoms with Crippen molar-refractivity contribution in [2.24, 2.45) is 0 Å². The largest absolute Gasteiger partial charge is 0.381 e. The molecule has 5 heteroatoms. The first-order chi connectivity index (χ1) is 9.35. The minimum Gasteiger partial charge on any atom is -0.381 e. The highest BCUT2D eigenvalue weighted by Gasteiger charge is 2.25. The Kier molecular flexibility index (Phi) is 3.75. The molecule has 19 heavy (non-hydrogen) atoms. The maximum atomic E-state index is 5.38. The Labute approximate surface area is 117 Å². The quantitative estimate of drug-likeness (QED) is 0.931. The smallest absolute Gasteiger partial charge is 0.203 e. The van der Waals surface area contributed by atoms with Crippen LogP contribution in [0.5, 0.6) is 0 Å². The lowest BCUT2D eigenvalue weighted by Gasteiger charge is -2.10. The molecule has 1 fully saturated rings. The highest BCUT2D eigenvalue weighted by atomic mass is 32.1. The van der Waals surface area contributed by atoms with E-state index in [1.165, 1.54) is 11.5 Å². The molecule has 100 valence electrons. The molecule has 1 saturated carbocycles. The van der Waals surface area contributed by atoms with Crippen molar-refractivity contribution in [3.63, 3.8) is 0 Å². The van der Waals surface area contributed by atoms with E-state index in [4.69, 9.17) is 4.74 Å². The summed E-state index contributed by atoms with van der Waals surface area (Å²) in [5, 5.41) is 4.36. The number of hydrogen-bond acceptors (Lipinski definition) is 5. The van der Waals surface area contributed by atoms with Crippen LogP contribution in [0.2, 0.25) is 0 Å². The second-order valence-electron chi connectivity index (χ2n) is 4.80. The van der Waals surface area contributed by atoms with Crippen molar-refractivity contribution in [2.45, 2.75) is 31.4 Å². The molecule has 0 saturated heterocycles. The first-order valence-electron chi connectivity index (χ1n) is 6.53. The number of anilines is 1. The fourth-order valence-corrected chi connectivity index (χ4v) is 3.11. The Morgan fingerprint density at radius 2 is 2.11 bits per heavy atom. The molecule has 4 nitrogen and oxygen atoms in total. The molecule has 0 radical (unpaired) electrons. The maximum absolute atomic E-state index is 5.38. The highest BCUT2D eigenvalue weighted by Crippen LogP contribution is 2.27. The van der Waals surface area contributed by atoms with Gasteiger partial charge >= 0.3 is 0 Å². The molecular formula is C14H17N3OS. The van der Waals surface area contributed by atoms with Crippen molar-refractivity contribution < 1.29 is 4.74 Å². The van der Waals surface area contributed by atoms with Gasteiger partial charge in [0.15, 0.2) is 5.82 Å². The Morgan fingerprint density at radius 1 is 1.26 bits per heavy atom. The zero-order chi connectivity index (χ0) is 13.1. The average molecular weight is 275 g/mol. The maximum Gasteiger partial charge on any atom is 0.203 e. The minimum atomic E-state index is 0.388.